The Morgan fingerprint density at radius 2 is 2.04 bits per heavy atom. The number of carbonyl (C=O) groups is 2. The molecule has 0 aliphatic carbocycles. The van der Waals surface area contributed by atoms with Crippen molar-refractivity contribution in [2.75, 3.05) is 13.7 Å². The van der Waals surface area contributed by atoms with Crippen molar-refractivity contribution < 1.29 is 23.8 Å². The van der Waals surface area contributed by atoms with Gasteiger partial charge < -0.3 is 24.8 Å². The number of carbonyl (C=O) groups excluding carboxylic acids is 2. The molecular formula is C19H23BrN2O5S. The molecule has 0 bridgehead atoms. The zero-order valence-electron chi connectivity index (χ0n) is 16.3. The number of thiocarbonyl (C=S) groups is 1. The smallest absolute Gasteiger partial charge is 0.347 e. The number of nitrogens with one attached hydrogen (secondary N) is 2. The van der Waals surface area contributed by atoms with Crippen LogP contribution >= 0.6 is 28.1 Å². The highest BCUT2D eigenvalue weighted by atomic mass is 79.9. The van der Waals surface area contributed by atoms with Crippen molar-refractivity contribution in [2.24, 2.45) is 0 Å². The predicted molar refractivity (Wildman–Crippen MR) is 112 cm³/mol. The first-order chi connectivity index (χ1) is 13.2. The molecule has 9 heteroatoms. The first kappa shape index (κ1) is 22.2. The SMILES string of the molecule is CCOC(=O)[C@H](C)Oc1c(Br)cc([C@@H]2NC(=S)NC(C)=C2C(C)=O)cc1OC. The van der Waals surface area contributed by atoms with Crippen molar-refractivity contribution in [1.29, 1.82) is 0 Å². The van der Waals surface area contributed by atoms with E-state index in [1.807, 2.05) is 6.92 Å². The molecule has 0 aromatic heterocycles. The monoisotopic (exact) mass is 470 g/mol. The highest BCUT2D eigenvalue weighted by Gasteiger charge is 2.30. The van der Waals surface area contributed by atoms with E-state index in [0.29, 0.717) is 32.4 Å². The summed E-state index contributed by atoms with van der Waals surface area (Å²) in [5, 5.41) is 6.52. The molecule has 1 aliphatic rings. The molecule has 0 fully saturated rings. The standard InChI is InChI=1S/C19H23BrN2O5S/c1-6-26-18(24)11(4)27-17-13(20)7-12(8-14(17)25-5)16-15(10(3)23)9(2)21-19(28)22-16/h7-8,11,16H,6H2,1-5H3,(H2,21,22,28)/t11-,16-/m0/s1. The molecule has 0 unspecified atom stereocenters. The second-order valence-electron chi connectivity index (χ2n) is 6.17. The molecule has 1 aromatic rings. The van der Waals surface area contributed by atoms with Crippen molar-refractivity contribution in [3.8, 4) is 11.5 Å². The Morgan fingerprint density at radius 1 is 1.36 bits per heavy atom. The molecular weight excluding hydrogens is 448 g/mol. The summed E-state index contributed by atoms with van der Waals surface area (Å²) in [5.74, 6) is 0.236. The van der Waals surface area contributed by atoms with Crippen LogP contribution in [0.2, 0.25) is 0 Å². The number of rotatable bonds is 7. The lowest BCUT2D eigenvalue weighted by atomic mass is 9.93. The molecule has 2 rings (SSSR count). The van der Waals surface area contributed by atoms with Gasteiger partial charge in [-0.1, -0.05) is 0 Å². The quantitative estimate of drug-likeness (QED) is 0.464. The number of benzene rings is 1. The van der Waals surface area contributed by atoms with Crippen molar-refractivity contribution in [1.82, 2.24) is 10.6 Å². The third-order valence-corrected chi connectivity index (χ3v) is 4.96. The number of allylic oxidation sites excluding steroid dienone is 1. The van der Waals surface area contributed by atoms with Crippen LogP contribution in [-0.4, -0.2) is 36.7 Å². The Morgan fingerprint density at radius 3 is 2.61 bits per heavy atom. The fourth-order valence-corrected chi connectivity index (χ4v) is 3.74. The normalized spacial score (nSPS) is 17.4. The predicted octanol–water partition coefficient (Wildman–Crippen LogP) is 3.17. The number of Topliss-reactive ketones (excluding diaryl/α,β-unsaturated/α-hetero) is 1. The van der Waals surface area contributed by atoms with Crippen LogP contribution in [0.1, 0.15) is 39.3 Å². The van der Waals surface area contributed by atoms with Crippen LogP contribution in [0, 0.1) is 0 Å². The van der Waals surface area contributed by atoms with Gasteiger partial charge in [-0.25, -0.2) is 4.79 Å². The third-order valence-electron chi connectivity index (χ3n) is 4.15. The number of hydrogen-bond donors (Lipinski definition) is 2. The minimum Gasteiger partial charge on any atom is -0.493 e. The topological polar surface area (TPSA) is 85.9 Å². The maximum atomic E-state index is 12.2. The lowest BCUT2D eigenvalue weighted by molar-refractivity contribution is -0.150. The summed E-state index contributed by atoms with van der Waals surface area (Å²) in [5.41, 5.74) is 2.04. The van der Waals surface area contributed by atoms with Gasteiger partial charge >= 0.3 is 5.97 Å². The molecule has 0 amide bonds. The Labute approximate surface area is 177 Å². The molecule has 0 spiro atoms. The Kier molecular flexibility index (Phi) is 7.42. The van der Waals surface area contributed by atoms with Gasteiger partial charge in [-0.15, -0.1) is 0 Å². The summed E-state index contributed by atoms with van der Waals surface area (Å²) in [7, 11) is 1.50. The number of hydrogen-bond acceptors (Lipinski definition) is 6. The molecule has 152 valence electrons. The summed E-state index contributed by atoms with van der Waals surface area (Å²) in [4.78, 5) is 24.1. The van der Waals surface area contributed by atoms with Gasteiger partial charge in [0.25, 0.3) is 0 Å². The second kappa shape index (κ2) is 9.38. The summed E-state index contributed by atoms with van der Waals surface area (Å²) in [6.45, 7) is 6.92. The Balaban J connectivity index is 2.44. The van der Waals surface area contributed by atoms with E-state index in [1.54, 1.807) is 26.0 Å². The van der Waals surface area contributed by atoms with E-state index in [-0.39, 0.29) is 12.4 Å². The first-order valence-electron chi connectivity index (χ1n) is 8.69. The third kappa shape index (κ3) is 4.82. The van der Waals surface area contributed by atoms with Gasteiger partial charge in [-0.05, 0) is 73.5 Å². The van der Waals surface area contributed by atoms with Crippen LogP contribution in [-0.2, 0) is 14.3 Å². The summed E-state index contributed by atoms with van der Waals surface area (Å²) in [6.07, 6.45) is -0.810. The maximum absolute atomic E-state index is 12.2. The van der Waals surface area contributed by atoms with Gasteiger partial charge in [0.15, 0.2) is 28.5 Å². The van der Waals surface area contributed by atoms with E-state index in [1.165, 1.54) is 14.0 Å². The minimum absolute atomic E-state index is 0.0728. The molecule has 1 heterocycles. The minimum atomic E-state index is -0.810. The largest absolute Gasteiger partial charge is 0.493 e. The van der Waals surface area contributed by atoms with Crippen molar-refractivity contribution in [2.45, 2.75) is 39.8 Å². The number of esters is 1. The molecule has 0 saturated heterocycles. The number of halogens is 1. The summed E-state index contributed by atoms with van der Waals surface area (Å²) in [6, 6.07) is 3.12. The van der Waals surface area contributed by atoms with Crippen molar-refractivity contribution in [3.05, 3.63) is 33.4 Å². The average Bonchev–Trinajstić information content (AvgIpc) is 2.62. The molecule has 28 heavy (non-hydrogen) atoms. The zero-order valence-corrected chi connectivity index (χ0v) is 18.7. The van der Waals surface area contributed by atoms with Crippen molar-refractivity contribution in [3.63, 3.8) is 0 Å². The molecule has 1 aliphatic heterocycles. The maximum Gasteiger partial charge on any atom is 0.347 e. The summed E-state index contributed by atoms with van der Waals surface area (Å²) >= 11 is 8.72. The summed E-state index contributed by atoms with van der Waals surface area (Å²) < 4.78 is 16.8. The highest BCUT2D eigenvalue weighted by Crippen LogP contribution is 2.40. The number of ketones is 1. The van der Waals surface area contributed by atoms with E-state index in [9.17, 15) is 9.59 Å². The number of ether oxygens (including phenoxy) is 3. The van der Waals surface area contributed by atoms with Crippen LogP contribution in [0.4, 0.5) is 0 Å². The van der Waals surface area contributed by atoms with Gasteiger partial charge in [-0.3, -0.25) is 4.79 Å². The Bertz CT molecular complexity index is 840. The zero-order chi connectivity index (χ0) is 21.0. The second-order valence-corrected chi connectivity index (χ2v) is 7.44. The van der Waals surface area contributed by atoms with Crippen LogP contribution in [0.5, 0.6) is 11.5 Å². The molecule has 7 nitrogen and oxygen atoms in total. The van der Waals surface area contributed by atoms with E-state index >= 15 is 0 Å². The Hall–Kier alpha value is -2.13. The van der Waals surface area contributed by atoms with Crippen molar-refractivity contribution >= 4 is 45.0 Å². The fourth-order valence-electron chi connectivity index (χ4n) is 2.92. The molecule has 0 radical (unpaired) electrons. The number of methoxy groups -OCH3 is 1. The van der Waals surface area contributed by atoms with E-state index in [0.717, 1.165) is 5.56 Å². The first-order valence-corrected chi connectivity index (χ1v) is 9.89. The van der Waals surface area contributed by atoms with E-state index in [2.05, 4.69) is 26.6 Å². The highest BCUT2D eigenvalue weighted by molar-refractivity contribution is 9.10. The fraction of sp³-hybridized carbons (Fsp3) is 0.421. The van der Waals surface area contributed by atoms with Gasteiger partial charge in [0.1, 0.15) is 0 Å². The van der Waals surface area contributed by atoms with Crippen LogP contribution < -0.4 is 20.1 Å². The lowest BCUT2D eigenvalue weighted by Crippen LogP contribution is -2.44. The van der Waals surface area contributed by atoms with Gasteiger partial charge in [-0.2, -0.15) is 0 Å². The van der Waals surface area contributed by atoms with Crippen LogP contribution in [0.3, 0.4) is 0 Å². The lowest BCUT2D eigenvalue weighted by Gasteiger charge is -2.30. The molecule has 2 N–H and O–H groups in total. The van der Waals surface area contributed by atoms with E-state index in [4.69, 9.17) is 26.4 Å². The molecule has 2 atom stereocenters. The average molecular weight is 471 g/mol. The van der Waals surface area contributed by atoms with Gasteiger partial charge in [0.05, 0.1) is 24.2 Å². The van der Waals surface area contributed by atoms with Gasteiger partial charge in [0.2, 0.25) is 0 Å². The van der Waals surface area contributed by atoms with Gasteiger partial charge in [0, 0.05) is 11.3 Å². The van der Waals surface area contributed by atoms with E-state index < -0.39 is 18.1 Å². The molecule has 1 aromatic carbocycles. The van der Waals surface area contributed by atoms with Crippen LogP contribution in [0.15, 0.2) is 27.9 Å². The molecule has 0 saturated carbocycles. The van der Waals surface area contributed by atoms with Crippen LogP contribution in [0.25, 0.3) is 0 Å².